The van der Waals surface area contributed by atoms with Crippen molar-refractivity contribution in [2.24, 2.45) is 5.92 Å². The Morgan fingerprint density at radius 2 is 1.66 bits per heavy atom. The predicted molar refractivity (Wildman–Crippen MR) is 124 cm³/mol. The van der Waals surface area contributed by atoms with E-state index in [4.69, 9.17) is 0 Å². The summed E-state index contributed by atoms with van der Waals surface area (Å²) in [6, 6.07) is 16.6. The smallest absolute Gasteiger partial charge is 0.250 e. The van der Waals surface area contributed by atoms with Crippen molar-refractivity contribution in [3.05, 3.63) is 82.5 Å². The number of piperidine rings is 1. The van der Waals surface area contributed by atoms with Crippen molar-refractivity contribution in [1.29, 1.82) is 0 Å². The monoisotopic (exact) mass is 470 g/mol. The van der Waals surface area contributed by atoms with E-state index in [9.17, 15) is 17.6 Å². The summed E-state index contributed by atoms with van der Waals surface area (Å²) in [5, 5.41) is 0. The zero-order chi connectivity index (χ0) is 22.5. The Kier molecular flexibility index (Phi) is 5.47. The van der Waals surface area contributed by atoms with Crippen LogP contribution in [0.25, 0.3) is 11.1 Å². The van der Waals surface area contributed by atoms with Crippen molar-refractivity contribution in [2.75, 3.05) is 19.3 Å². The second-order valence-electron chi connectivity index (χ2n) is 8.38. The van der Waals surface area contributed by atoms with Crippen LogP contribution in [-0.2, 0) is 16.6 Å². The molecular formula is C24H23FN2O3S2. The number of aromatic nitrogens is 1. The van der Waals surface area contributed by atoms with Crippen LogP contribution in [0.4, 0.5) is 4.39 Å². The fourth-order valence-electron chi connectivity index (χ4n) is 4.94. The van der Waals surface area contributed by atoms with Crippen LogP contribution in [0.5, 0.6) is 0 Å². The van der Waals surface area contributed by atoms with Crippen molar-refractivity contribution in [1.82, 2.24) is 8.87 Å². The normalized spacial score (nSPS) is 20.7. The third-order valence-electron chi connectivity index (χ3n) is 6.41. The molecule has 0 unspecified atom stereocenters. The van der Waals surface area contributed by atoms with Gasteiger partial charge >= 0.3 is 0 Å². The largest absolute Gasteiger partial charge is 0.311 e. The maximum absolute atomic E-state index is 13.3. The minimum absolute atomic E-state index is 0.0472. The molecule has 32 heavy (non-hydrogen) atoms. The highest BCUT2D eigenvalue weighted by molar-refractivity contribution is 7.98. The van der Waals surface area contributed by atoms with E-state index < -0.39 is 15.8 Å². The molecule has 0 spiro atoms. The van der Waals surface area contributed by atoms with Gasteiger partial charge in [0.25, 0.3) is 5.56 Å². The van der Waals surface area contributed by atoms with Crippen molar-refractivity contribution in [2.45, 2.75) is 28.7 Å². The fourth-order valence-corrected chi connectivity index (χ4v) is 6.91. The first-order chi connectivity index (χ1) is 15.4. The lowest BCUT2D eigenvalue weighted by Crippen LogP contribution is -2.49. The predicted octanol–water partition coefficient (Wildman–Crippen LogP) is 4.18. The number of nitrogens with zero attached hydrogens (tertiary/aromatic N) is 2. The number of benzene rings is 2. The molecule has 2 aliphatic heterocycles. The van der Waals surface area contributed by atoms with E-state index in [-0.39, 0.29) is 22.3 Å². The molecule has 0 amide bonds. The molecule has 2 aliphatic rings. The van der Waals surface area contributed by atoms with Gasteiger partial charge in [-0.15, -0.1) is 11.8 Å². The molecule has 3 heterocycles. The Balaban J connectivity index is 1.55. The van der Waals surface area contributed by atoms with Gasteiger partial charge in [-0.25, -0.2) is 12.8 Å². The van der Waals surface area contributed by atoms with Gasteiger partial charge in [-0.2, -0.15) is 4.31 Å². The highest BCUT2D eigenvalue weighted by atomic mass is 32.2. The van der Waals surface area contributed by atoms with Crippen LogP contribution in [-0.4, -0.2) is 36.6 Å². The minimum atomic E-state index is -3.74. The number of thioether (sulfide) groups is 1. The van der Waals surface area contributed by atoms with Gasteiger partial charge in [0, 0.05) is 47.8 Å². The molecule has 2 bridgehead atoms. The molecule has 1 aromatic heterocycles. The zero-order valence-electron chi connectivity index (χ0n) is 17.6. The van der Waals surface area contributed by atoms with Gasteiger partial charge in [0.1, 0.15) is 5.82 Å². The molecule has 8 heteroatoms. The average Bonchev–Trinajstić information content (AvgIpc) is 2.80. The molecule has 0 aliphatic carbocycles. The Morgan fingerprint density at radius 3 is 2.34 bits per heavy atom. The lowest BCUT2D eigenvalue weighted by atomic mass is 9.81. The van der Waals surface area contributed by atoms with E-state index in [0.29, 0.717) is 19.6 Å². The zero-order valence-corrected chi connectivity index (χ0v) is 19.2. The molecule has 3 aromatic rings. The molecule has 2 aromatic carbocycles. The summed E-state index contributed by atoms with van der Waals surface area (Å²) in [7, 11) is -3.74. The molecule has 5 rings (SSSR count). The Hall–Kier alpha value is -2.42. The number of hydrogen-bond acceptors (Lipinski definition) is 4. The third-order valence-corrected chi connectivity index (χ3v) is 9.00. The highest BCUT2D eigenvalue weighted by Gasteiger charge is 2.40. The Bertz CT molecular complexity index is 1320. The molecule has 2 atom stereocenters. The standard InChI is InChI=1S/C24H23FN2O3S2/c1-31-20-6-2-17(3-7-20)22-10-11-23(28)27-14-16-12-18(24(22)27)15-26(13-16)32(29,30)21-8-4-19(25)5-9-21/h2-11,16,18H,12-15H2,1H3/t16-,18-/m0/s1. The minimum Gasteiger partial charge on any atom is -0.311 e. The SMILES string of the molecule is CSc1ccc(-c2ccc(=O)n3c2[C@H]2C[C@@H](CN(S(=O)(=O)c4ccc(F)cc4)C2)C3)cc1. The van der Waals surface area contributed by atoms with E-state index >= 15 is 0 Å². The molecule has 0 radical (unpaired) electrons. The second kappa shape index (κ2) is 8.17. The van der Waals surface area contributed by atoms with E-state index in [2.05, 4.69) is 24.3 Å². The van der Waals surface area contributed by atoms with Crippen LogP contribution in [0.2, 0.25) is 0 Å². The maximum atomic E-state index is 13.3. The topological polar surface area (TPSA) is 59.4 Å². The summed E-state index contributed by atoms with van der Waals surface area (Å²) in [6.45, 7) is 1.15. The number of halogens is 1. The number of hydrogen-bond donors (Lipinski definition) is 0. The van der Waals surface area contributed by atoms with Crippen LogP contribution in [0.1, 0.15) is 18.0 Å². The van der Waals surface area contributed by atoms with Gasteiger partial charge in [0.05, 0.1) is 4.90 Å². The van der Waals surface area contributed by atoms with Crippen LogP contribution < -0.4 is 5.56 Å². The van der Waals surface area contributed by atoms with Crippen molar-refractivity contribution in [3.8, 4) is 11.1 Å². The summed E-state index contributed by atoms with van der Waals surface area (Å²) in [5.41, 5.74) is 2.85. The molecule has 0 saturated carbocycles. The fraction of sp³-hybridized carbons (Fsp3) is 0.292. The lowest BCUT2D eigenvalue weighted by Gasteiger charge is -2.42. The summed E-state index contributed by atoms with van der Waals surface area (Å²) < 4.78 is 43.2. The van der Waals surface area contributed by atoms with Crippen LogP contribution in [0.15, 0.2) is 75.2 Å². The van der Waals surface area contributed by atoms with Gasteiger partial charge in [-0.05, 0) is 66.6 Å². The van der Waals surface area contributed by atoms with Gasteiger partial charge in [-0.3, -0.25) is 4.79 Å². The van der Waals surface area contributed by atoms with E-state index in [1.165, 1.54) is 28.6 Å². The number of fused-ring (bicyclic) bond motifs is 4. The average molecular weight is 471 g/mol. The van der Waals surface area contributed by atoms with Gasteiger partial charge in [-0.1, -0.05) is 12.1 Å². The molecule has 5 nitrogen and oxygen atoms in total. The summed E-state index contributed by atoms with van der Waals surface area (Å²) in [6.07, 6.45) is 2.87. The molecule has 0 N–H and O–H groups in total. The molecular weight excluding hydrogens is 447 g/mol. The number of sulfonamides is 1. The number of pyridine rings is 1. The van der Waals surface area contributed by atoms with Gasteiger partial charge in [0.15, 0.2) is 0 Å². The maximum Gasteiger partial charge on any atom is 0.250 e. The van der Waals surface area contributed by atoms with E-state index in [1.54, 1.807) is 17.8 Å². The Labute approximate surface area is 190 Å². The van der Waals surface area contributed by atoms with E-state index in [1.807, 2.05) is 16.9 Å². The van der Waals surface area contributed by atoms with Crippen LogP contribution in [0, 0.1) is 11.7 Å². The highest BCUT2D eigenvalue weighted by Crippen LogP contribution is 2.41. The number of rotatable bonds is 4. The quantitative estimate of drug-likeness (QED) is 0.537. The third kappa shape index (κ3) is 3.70. The molecule has 1 saturated heterocycles. The van der Waals surface area contributed by atoms with Gasteiger partial charge < -0.3 is 4.57 Å². The summed E-state index contributed by atoms with van der Waals surface area (Å²) in [4.78, 5) is 14.0. The molecule has 1 fully saturated rings. The van der Waals surface area contributed by atoms with Crippen LogP contribution in [0.3, 0.4) is 0 Å². The summed E-state index contributed by atoms with van der Waals surface area (Å²) >= 11 is 1.67. The van der Waals surface area contributed by atoms with Crippen molar-refractivity contribution < 1.29 is 12.8 Å². The van der Waals surface area contributed by atoms with Crippen molar-refractivity contribution in [3.63, 3.8) is 0 Å². The van der Waals surface area contributed by atoms with E-state index in [0.717, 1.165) is 28.1 Å². The first kappa shape index (κ1) is 21.4. The second-order valence-corrected chi connectivity index (χ2v) is 11.2. The summed E-state index contributed by atoms with van der Waals surface area (Å²) in [5.74, 6) is -0.491. The van der Waals surface area contributed by atoms with Gasteiger partial charge in [0.2, 0.25) is 10.0 Å². The first-order valence-corrected chi connectivity index (χ1v) is 13.2. The first-order valence-electron chi connectivity index (χ1n) is 10.5. The lowest BCUT2D eigenvalue weighted by molar-refractivity contribution is 0.187. The van der Waals surface area contributed by atoms with Crippen molar-refractivity contribution >= 4 is 21.8 Å². The Morgan fingerprint density at radius 1 is 0.938 bits per heavy atom. The molecule has 166 valence electrons. The van der Waals surface area contributed by atoms with Crippen LogP contribution >= 0.6 is 11.8 Å².